The second-order valence-electron chi connectivity index (χ2n) is 2.84. The molecule has 0 saturated carbocycles. The lowest BCUT2D eigenvalue weighted by atomic mass is 10.1. The second-order valence-corrected chi connectivity index (χ2v) is 2.84. The summed E-state index contributed by atoms with van der Waals surface area (Å²) in [5.41, 5.74) is 1.14. The summed E-state index contributed by atoms with van der Waals surface area (Å²) < 4.78 is 4.71. The average Bonchev–Trinajstić information content (AvgIpc) is 2.04. The first-order chi connectivity index (χ1) is 6.22. The first kappa shape index (κ1) is 10.1. The van der Waals surface area contributed by atoms with Crippen molar-refractivity contribution in [2.24, 2.45) is 0 Å². The number of hydrogen-bond acceptors (Lipinski definition) is 3. The monoisotopic (exact) mass is 180 g/mol. The van der Waals surface area contributed by atoms with E-state index in [1.54, 1.807) is 6.07 Å². The first-order valence-corrected chi connectivity index (χ1v) is 4.34. The SMILES string of the molecule is CCCc1cccc(OB(O)O)c1. The van der Waals surface area contributed by atoms with Gasteiger partial charge in [0.15, 0.2) is 0 Å². The third-order valence-electron chi connectivity index (χ3n) is 1.68. The van der Waals surface area contributed by atoms with Crippen LogP contribution < -0.4 is 4.65 Å². The summed E-state index contributed by atoms with van der Waals surface area (Å²) in [5, 5.41) is 17.1. The van der Waals surface area contributed by atoms with E-state index in [1.165, 1.54) is 0 Å². The van der Waals surface area contributed by atoms with Gasteiger partial charge in [0, 0.05) is 0 Å². The standard InChI is InChI=1S/C9H13BO3/c1-2-4-8-5-3-6-9(7-8)13-10(11)12/h3,5-7,11-12H,2,4H2,1H3. The molecule has 0 aliphatic rings. The molecule has 70 valence electrons. The molecule has 0 unspecified atom stereocenters. The molecular formula is C9H13BO3. The van der Waals surface area contributed by atoms with Crippen molar-refractivity contribution < 1.29 is 14.7 Å². The highest BCUT2D eigenvalue weighted by Crippen LogP contribution is 2.14. The molecule has 0 bridgehead atoms. The van der Waals surface area contributed by atoms with Gasteiger partial charge in [-0.2, -0.15) is 0 Å². The molecule has 0 saturated heterocycles. The van der Waals surface area contributed by atoms with Crippen LogP contribution in [0.1, 0.15) is 18.9 Å². The summed E-state index contributed by atoms with van der Waals surface area (Å²) in [6.45, 7) is 2.09. The Labute approximate surface area is 78.2 Å². The van der Waals surface area contributed by atoms with E-state index in [9.17, 15) is 0 Å². The zero-order valence-corrected chi connectivity index (χ0v) is 7.60. The fourth-order valence-electron chi connectivity index (χ4n) is 1.18. The van der Waals surface area contributed by atoms with Gasteiger partial charge in [-0.25, -0.2) is 0 Å². The van der Waals surface area contributed by atoms with Crippen LogP contribution in [0.2, 0.25) is 0 Å². The topological polar surface area (TPSA) is 49.7 Å². The van der Waals surface area contributed by atoms with Crippen LogP contribution in [0.5, 0.6) is 5.75 Å². The second kappa shape index (κ2) is 4.89. The molecule has 1 aromatic rings. The minimum atomic E-state index is -1.74. The van der Waals surface area contributed by atoms with Crippen molar-refractivity contribution in [2.45, 2.75) is 19.8 Å². The van der Waals surface area contributed by atoms with Crippen molar-refractivity contribution in [1.82, 2.24) is 0 Å². The molecular weight excluding hydrogens is 167 g/mol. The Balaban J connectivity index is 2.67. The van der Waals surface area contributed by atoms with Gasteiger partial charge in [0.05, 0.1) is 0 Å². The molecule has 13 heavy (non-hydrogen) atoms. The number of hydrogen-bond donors (Lipinski definition) is 2. The predicted octanol–water partition coefficient (Wildman–Crippen LogP) is 0.987. The molecule has 0 aliphatic carbocycles. The molecule has 2 N–H and O–H groups in total. The summed E-state index contributed by atoms with van der Waals surface area (Å²) in [4.78, 5) is 0. The molecule has 0 aliphatic heterocycles. The van der Waals surface area contributed by atoms with Crippen molar-refractivity contribution in [3.05, 3.63) is 29.8 Å². The maximum atomic E-state index is 8.56. The van der Waals surface area contributed by atoms with Gasteiger partial charge in [0.1, 0.15) is 5.75 Å². The fourth-order valence-corrected chi connectivity index (χ4v) is 1.18. The van der Waals surface area contributed by atoms with Crippen LogP contribution in [-0.4, -0.2) is 17.4 Å². The van der Waals surface area contributed by atoms with Crippen LogP contribution in [0.3, 0.4) is 0 Å². The highest BCUT2D eigenvalue weighted by Gasteiger charge is 2.10. The van der Waals surface area contributed by atoms with E-state index in [0.717, 1.165) is 18.4 Å². The third-order valence-corrected chi connectivity index (χ3v) is 1.68. The van der Waals surface area contributed by atoms with Crippen molar-refractivity contribution in [2.75, 3.05) is 0 Å². The largest absolute Gasteiger partial charge is 0.707 e. The molecule has 4 heteroatoms. The molecule has 0 aromatic heterocycles. The van der Waals surface area contributed by atoms with E-state index in [4.69, 9.17) is 14.7 Å². The Kier molecular flexibility index (Phi) is 3.80. The van der Waals surface area contributed by atoms with E-state index in [1.807, 2.05) is 18.2 Å². The van der Waals surface area contributed by atoms with E-state index < -0.39 is 7.32 Å². The van der Waals surface area contributed by atoms with Gasteiger partial charge in [0.2, 0.25) is 0 Å². The molecule has 0 fully saturated rings. The summed E-state index contributed by atoms with van der Waals surface area (Å²) >= 11 is 0. The maximum absolute atomic E-state index is 8.56. The lowest BCUT2D eigenvalue weighted by molar-refractivity contribution is 0.288. The maximum Gasteiger partial charge on any atom is 0.707 e. The van der Waals surface area contributed by atoms with E-state index in [2.05, 4.69) is 6.92 Å². The lowest BCUT2D eigenvalue weighted by Gasteiger charge is -2.05. The number of benzene rings is 1. The van der Waals surface area contributed by atoms with Gasteiger partial charge in [0.25, 0.3) is 0 Å². The van der Waals surface area contributed by atoms with Gasteiger partial charge >= 0.3 is 7.32 Å². The molecule has 1 aromatic carbocycles. The highest BCUT2D eigenvalue weighted by molar-refractivity contribution is 6.33. The van der Waals surface area contributed by atoms with E-state index in [-0.39, 0.29) is 0 Å². The van der Waals surface area contributed by atoms with Crippen molar-refractivity contribution >= 4 is 7.32 Å². The summed E-state index contributed by atoms with van der Waals surface area (Å²) in [6.07, 6.45) is 2.03. The van der Waals surface area contributed by atoms with Crippen LogP contribution in [0.15, 0.2) is 24.3 Å². The summed E-state index contributed by atoms with van der Waals surface area (Å²) in [5.74, 6) is 0.487. The van der Waals surface area contributed by atoms with Crippen LogP contribution in [0.25, 0.3) is 0 Å². The van der Waals surface area contributed by atoms with Crippen LogP contribution in [0, 0.1) is 0 Å². The normalized spacial score (nSPS) is 9.77. The van der Waals surface area contributed by atoms with Gasteiger partial charge < -0.3 is 14.7 Å². The van der Waals surface area contributed by atoms with Gasteiger partial charge in [-0.05, 0) is 24.1 Å². The van der Waals surface area contributed by atoms with Gasteiger partial charge in [-0.15, -0.1) is 0 Å². The molecule has 0 radical (unpaired) electrons. The van der Waals surface area contributed by atoms with E-state index in [0.29, 0.717) is 5.75 Å². The van der Waals surface area contributed by atoms with Crippen LogP contribution >= 0.6 is 0 Å². The Hall–Kier alpha value is -0.995. The number of aryl methyl sites for hydroxylation is 1. The smallest absolute Gasteiger partial charge is 0.512 e. The molecule has 3 nitrogen and oxygen atoms in total. The molecule has 0 amide bonds. The Morgan fingerprint density at radius 1 is 1.38 bits per heavy atom. The summed E-state index contributed by atoms with van der Waals surface area (Å²) in [6, 6.07) is 7.32. The molecule has 0 spiro atoms. The Morgan fingerprint density at radius 2 is 2.15 bits per heavy atom. The van der Waals surface area contributed by atoms with Crippen LogP contribution in [0.4, 0.5) is 0 Å². The summed E-state index contributed by atoms with van der Waals surface area (Å²) in [7, 11) is -1.74. The Morgan fingerprint density at radius 3 is 2.77 bits per heavy atom. The van der Waals surface area contributed by atoms with Crippen molar-refractivity contribution in [1.29, 1.82) is 0 Å². The minimum Gasteiger partial charge on any atom is -0.512 e. The average molecular weight is 180 g/mol. The lowest BCUT2D eigenvalue weighted by Crippen LogP contribution is -2.20. The van der Waals surface area contributed by atoms with Crippen LogP contribution in [-0.2, 0) is 6.42 Å². The third kappa shape index (κ3) is 3.48. The number of rotatable bonds is 4. The molecule has 0 atom stereocenters. The van der Waals surface area contributed by atoms with Crippen molar-refractivity contribution in [3.8, 4) is 5.75 Å². The zero-order valence-electron chi connectivity index (χ0n) is 7.60. The van der Waals surface area contributed by atoms with E-state index >= 15 is 0 Å². The predicted molar refractivity (Wildman–Crippen MR) is 51.3 cm³/mol. The first-order valence-electron chi connectivity index (χ1n) is 4.34. The minimum absolute atomic E-state index is 0.487. The zero-order chi connectivity index (χ0) is 9.68. The van der Waals surface area contributed by atoms with Gasteiger partial charge in [-0.3, -0.25) is 0 Å². The Bertz CT molecular complexity index is 263. The molecule has 1 rings (SSSR count). The highest BCUT2D eigenvalue weighted by atomic mass is 16.6. The quantitative estimate of drug-likeness (QED) is 0.679. The molecule has 0 heterocycles. The fraction of sp³-hybridized carbons (Fsp3) is 0.333. The van der Waals surface area contributed by atoms with Crippen molar-refractivity contribution in [3.63, 3.8) is 0 Å². The van der Waals surface area contributed by atoms with Gasteiger partial charge in [-0.1, -0.05) is 25.5 Å².